The van der Waals surface area contributed by atoms with Crippen molar-refractivity contribution in [3.63, 3.8) is 0 Å². The van der Waals surface area contributed by atoms with E-state index in [-0.39, 0.29) is 6.04 Å². The van der Waals surface area contributed by atoms with E-state index >= 15 is 0 Å². The van der Waals surface area contributed by atoms with Crippen LogP contribution in [-0.4, -0.2) is 42.7 Å². The highest BCUT2D eigenvalue weighted by Gasteiger charge is 2.18. The SMILES string of the molecule is CCN(C)c1cc(N2CCCC(N)C2)ncn1. The molecule has 5 nitrogen and oxygen atoms in total. The molecule has 5 heteroatoms. The zero-order valence-corrected chi connectivity index (χ0v) is 10.6. The normalized spacial score (nSPS) is 20.4. The standard InChI is InChI=1S/C12H21N5/c1-3-16(2)11-7-12(15-9-14-11)17-6-4-5-10(13)8-17/h7,9-10H,3-6,8,13H2,1-2H3. The number of aromatic nitrogens is 2. The van der Waals surface area contributed by atoms with Crippen molar-refractivity contribution in [2.75, 3.05) is 36.5 Å². The molecule has 0 saturated carbocycles. The summed E-state index contributed by atoms with van der Waals surface area (Å²) in [6, 6.07) is 2.31. The molecule has 1 fully saturated rings. The summed E-state index contributed by atoms with van der Waals surface area (Å²) in [5, 5.41) is 0. The fraction of sp³-hybridized carbons (Fsp3) is 0.667. The molecule has 0 radical (unpaired) electrons. The number of piperidine rings is 1. The van der Waals surface area contributed by atoms with Gasteiger partial charge in [-0.05, 0) is 19.8 Å². The third-order valence-corrected chi connectivity index (χ3v) is 3.29. The van der Waals surface area contributed by atoms with Crippen molar-refractivity contribution >= 4 is 11.6 Å². The predicted molar refractivity (Wildman–Crippen MR) is 70.4 cm³/mol. The molecule has 0 aromatic carbocycles. The van der Waals surface area contributed by atoms with Crippen LogP contribution in [0.15, 0.2) is 12.4 Å². The summed E-state index contributed by atoms with van der Waals surface area (Å²) in [6.07, 6.45) is 3.89. The Bertz CT molecular complexity index is 368. The first-order chi connectivity index (χ1) is 8.20. The van der Waals surface area contributed by atoms with Crippen molar-refractivity contribution in [3.05, 3.63) is 12.4 Å². The summed E-state index contributed by atoms with van der Waals surface area (Å²) in [5.74, 6) is 1.96. The van der Waals surface area contributed by atoms with Gasteiger partial charge in [0.2, 0.25) is 0 Å². The van der Waals surface area contributed by atoms with Gasteiger partial charge in [0.25, 0.3) is 0 Å². The molecule has 0 bridgehead atoms. The summed E-state index contributed by atoms with van der Waals surface area (Å²) in [6.45, 7) is 4.99. The molecule has 2 N–H and O–H groups in total. The maximum absolute atomic E-state index is 5.99. The first-order valence-corrected chi connectivity index (χ1v) is 6.24. The Balaban J connectivity index is 2.15. The van der Waals surface area contributed by atoms with Crippen LogP contribution in [0.1, 0.15) is 19.8 Å². The first-order valence-electron chi connectivity index (χ1n) is 6.24. The van der Waals surface area contributed by atoms with E-state index in [1.165, 1.54) is 0 Å². The van der Waals surface area contributed by atoms with Crippen molar-refractivity contribution < 1.29 is 0 Å². The van der Waals surface area contributed by atoms with Gasteiger partial charge < -0.3 is 15.5 Å². The van der Waals surface area contributed by atoms with E-state index in [2.05, 4.69) is 26.7 Å². The molecule has 0 amide bonds. The largest absolute Gasteiger partial charge is 0.360 e. The zero-order chi connectivity index (χ0) is 12.3. The summed E-state index contributed by atoms with van der Waals surface area (Å²) in [4.78, 5) is 13.0. The van der Waals surface area contributed by atoms with Gasteiger partial charge in [-0.1, -0.05) is 0 Å². The second-order valence-electron chi connectivity index (χ2n) is 4.60. The highest BCUT2D eigenvalue weighted by Crippen LogP contribution is 2.20. The Morgan fingerprint density at radius 2 is 2.35 bits per heavy atom. The van der Waals surface area contributed by atoms with Gasteiger partial charge in [0, 0.05) is 38.8 Å². The lowest BCUT2D eigenvalue weighted by molar-refractivity contribution is 0.503. The Labute approximate surface area is 103 Å². The van der Waals surface area contributed by atoms with E-state index < -0.39 is 0 Å². The van der Waals surface area contributed by atoms with Gasteiger partial charge in [0.15, 0.2) is 0 Å². The highest BCUT2D eigenvalue weighted by molar-refractivity contribution is 5.49. The van der Waals surface area contributed by atoms with Crippen LogP contribution in [0, 0.1) is 0 Å². The number of nitrogens with zero attached hydrogens (tertiary/aromatic N) is 4. The minimum atomic E-state index is 0.270. The van der Waals surface area contributed by atoms with E-state index in [1.54, 1.807) is 6.33 Å². The number of hydrogen-bond acceptors (Lipinski definition) is 5. The Kier molecular flexibility index (Phi) is 3.78. The van der Waals surface area contributed by atoms with Crippen molar-refractivity contribution in [3.8, 4) is 0 Å². The first kappa shape index (κ1) is 12.1. The summed E-state index contributed by atoms with van der Waals surface area (Å²) >= 11 is 0. The molecule has 0 aliphatic carbocycles. The third kappa shape index (κ3) is 2.85. The average Bonchev–Trinajstić information content (AvgIpc) is 2.38. The second-order valence-corrected chi connectivity index (χ2v) is 4.60. The number of rotatable bonds is 3. The molecule has 0 spiro atoms. The molecule has 1 saturated heterocycles. The molecule has 1 unspecified atom stereocenters. The molecule has 2 heterocycles. The van der Waals surface area contributed by atoms with E-state index in [0.717, 1.165) is 44.1 Å². The van der Waals surface area contributed by atoms with Crippen LogP contribution in [0.3, 0.4) is 0 Å². The maximum Gasteiger partial charge on any atom is 0.134 e. The van der Waals surface area contributed by atoms with Crippen LogP contribution in [0.5, 0.6) is 0 Å². The predicted octanol–water partition coefficient (Wildman–Crippen LogP) is 0.860. The molecule has 1 aromatic rings. The topological polar surface area (TPSA) is 58.3 Å². The van der Waals surface area contributed by atoms with E-state index in [4.69, 9.17) is 5.73 Å². The lowest BCUT2D eigenvalue weighted by Gasteiger charge is -2.32. The molecule has 1 aliphatic heterocycles. The van der Waals surface area contributed by atoms with Crippen LogP contribution in [-0.2, 0) is 0 Å². The van der Waals surface area contributed by atoms with Crippen molar-refractivity contribution in [2.45, 2.75) is 25.8 Å². The second kappa shape index (κ2) is 5.31. The molecule has 1 aromatic heterocycles. The van der Waals surface area contributed by atoms with Crippen molar-refractivity contribution in [2.24, 2.45) is 5.73 Å². The summed E-state index contributed by atoms with van der Waals surface area (Å²) in [5.41, 5.74) is 5.99. The number of hydrogen-bond donors (Lipinski definition) is 1. The minimum absolute atomic E-state index is 0.270. The minimum Gasteiger partial charge on any atom is -0.360 e. The van der Waals surface area contributed by atoms with Crippen molar-refractivity contribution in [1.82, 2.24) is 9.97 Å². The number of anilines is 2. The van der Waals surface area contributed by atoms with Gasteiger partial charge >= 0.3 is 0 Å². The maximum atomic E-state index is 5.99. The highest BCUT2D eigenvalue weighted by atomic mass is 15.2. The quantitative estimate of drug-likeness (QED) is 0.842. The molecule has 1 aliphatic rings. The van der Waals surface area contributed by atoms with Crippen LogP contribution in [0.4, 0.5) is 11.6 Å². The van der Waals surface area contributed by atoms with Crippen LogP contribution >= 0.6 is 0 Å². The molecular weight excluding hydrogens is 214 g/mol. The molecule has 2 rings (SSSR count). The van der Waals surface area contributed by atoms with Crippen LogP contribution in [0.25, 0.3) is 0 Å². The van der Waals surface area contributed by atoms with Gasteiger partial charge in [-0.25, -0.2) is 9.97 Å². The smallest absolute Gasteiger partial charge is 0.134 e. The van der Waals surface area contributed by atoms with Crippen molar-refractivity contribution in [1.29, 1.82) is 0 Å². The fourth-order valence-electron chi connectivity index (χ4n) is 2.10. The van der Waals surface area contributed by atoms with Gasteiger partial charge in [-0.15, -0.1) is 0 Å². The third-order valence-electron chi connectivity index (χ3n) is 3.29. The lowest BCUT2D eigenvalue weighted by Crippen LogP contribution is -2.43. The van der Waals surface area contributed by atoms with Crippen LogP contribution < -0.4 is 15.5 Å². The average molecular weight is 235 g/mol. The lowest BCUT2D eigenvalue weighted by atomic mass is 10.1. The monoisotopic (exact) mass is 235 g/mol. The molecule has 1 atom stereocenters. The van der Waals surface area contributed by atoms with Gasteiger partial charge in [0.1, 0.15) is 18.0 Å². The molecule has 94 valence electrons. The summed E-state index contributed by atoms with van der Waals surface area (Å²) in [7, 11) is 2.04. The Morgan fingerprint density at radius 1 is 1.53 bits per heavy atom. The van der Waals surface area contributed by atoms with E-state index in [0.29, 0.717) is 0 Å². The van der Waals surface area contributed by atoms with Gasteiger partial charge in [0.05, 0.1) is 0 Å². The molecular formula is C12H21N5. The molecule has 17 heavy (non-hydrogen) atoms. The fourth-order valence-corrected chi connectivity index (χ4v) is 2.10. The van der Waals surface area contributed by atoms with Gasteiger partial charge in [-0.3, -0.25) is 0 Å². The number of nitrogens with two attached hydrogens (primary N) is 1. The summed E-state index contributed by atoms with van der Waals surface area (Å²) < 4.78 is 0. The van der Waals surface area contributed by atoms with Crippen LogP contribution in [0.2, 0.25) is 0 Å². The Morgan fingerprint density at radius 3 is 3.06 bits per heavy atom. The van der Waals surface area contributed by atoms with E-state index in [1.807, 2.05) is 13.1 Å². The zero-order valence-electron chi connectivity index (χ0n) is 10.6. The van der Waals surface area contributed by atoms with E-state index in [9.17, 15) is 0 Å². The van der Waals surface area contributed by atoms with Gasteiger partial charge in [-0.2, -0.15) is 0 Å². The Hall–Kier alpha value is -1.36.